The molecule has 3 heterocycles. The number of aromatic nitrogens is 3. The minimum atomic E-state index is -0.478. The molecule has 0 aliphatic carbocycles. The predicted octanol–water partition coefficient (Wildman–Crippen LogP) is 4.53. The number of hydrazone groups is 1. The molecular weight excluding hydrogens is 485 g/mol. The fraction of sp³-hybridized carbons (Fsp3) is 0.214. The van der Waals surface area contributed by atoms with Gasteiger partial charge in [0.1, 0.15) is 5.75 Å². The highest BCUT2D eigenvalue weighted by Crippen LogP contribution is 2.20. The molecule has 0 unspecified atom stereocenters. The average molecular weight is 514 g/mol. The van der Waals surface area contributed by atoms with Gasteiger partial charge in [-0.15, -0.1) is 0 Å². The standard InChI is InChI=1S/C28H28FN7O2/c29-26-19-31-28(34-27(26)36-12-14-38-15-13-36)35-32-18-23-8-9-24(17-30-23)33-22-3-1-2-21(16-22)5-4-20-6-10-25(37)11-7-20/h1-3,6-11,16-19,33,37H,4-5,12-15H2,(H,31,34,35)/b32-18+. The minimum absolute atomic E-state index is 0.202. The third kappa shape index (κ3) is 6.80. The van der Waals surface area contributed by atoms with Gasteiger partial charge in [0.25, 0.3) is 0 Å². The van der Waals surface area contributed by atoms with Crippen LogP contribution in [0.2, 0.25) is 0 Å². The van der Waals surface area contributed by atoms with Crippen LogP contribution in [0.25, 0.3) is 0 Å². The summed E-state index contributed by atoms with van der Waals surface area (Å²) in [6.45, 7) is 2.22. The molecule has 1 fully saturated rings. The zero-order chi connectivity index (χ0) is 26.2. The molecule has 4 aromatic rings. The molecule has 38 heavy (non-hydrogen) atoms. The first kappa shape index (κ1) is 25.1. The van der Waals surface area contributed by atoms with Crippen LogP contribution in [0.4, 0.5) is 27.5 Å². The summed E-state index contributed by atoms with van der Waals surface area (Å²) in [7, 11) is 0. The normalized spacial score (nSPS) is 13.6. The quantitative estimate of drug-likeness (QED) is 0.221. The summed E-state index contributed by atoms with van der Waals surface area (Å²) >= 11 is 0. The van der Waals surface area contributed by atoms with Crippen molar-refractivity contribution in [2.75, 3.05) is 41.9 Å². The molecule has 0 bridgehead atoms. The van der Waals surface area contributed by atoms with Crippen LogP contribution in [0.1, 0.15) is 16.8 Å². The number of nitrogens with one attached hydrogen (secondary N) is 2. The van der Waals surface area contributed by atoms with Crippen molar-refractivity contribution in [3.05, 3.63) is 95.7 Å². The van der Waals surface area contributed by atoms with Gasteiger partial charge in [-0.2, -0.15) is 10.1 Å². The maximum Gasteiger partial charge on any atom is 0.245 e. The largest absolute Gasteiger partial charge is 0.508 e. The molecule has 9 nitrogen and oxygen atoms in total. The van der Waals surface area contributed by atoms with Crippen molar-refractivity contribution in [3.8, 4) is 5.75 Å². The summed E-state index contributed by atoms with van der Waals surface area (Å²) in [6, 6.07) is 19.3. The van der Waals surface area contributed by atoms with E-state index in [1.165, 1.54) is 11.1 Å². The Morgan fingerprint density at radius 2 is 1.76 bits per heavy atom. The molecule has 10 heteroatoms. The number of hydrogen-bond acceptors (Lipinski definition) is 9. The zero-order valence-electron chi connectivity index (χ0n) is 20.7. The number of aromatic hydroxyl groups is 1. The van der Waals surface area contributed by atoms with Gasteiger partial charge in [0, 0.05) is 18.8 Å². The van der Waals surface area contributed by atoms with Crippen LogP contribution in [-0.4, -0.2) is 52.6 Å². The number of pyridine rings is 1. The highest BCUT2D eigenvalue weighted by Gasteiger charge is 2.17. The monoisotopic (exact) mass is 513 g/mol. The first-order valence-corrected chi connectivity index (χ1v) is 12.4. The van der Waals surface area contributed by atoms with E-state index >= 15 is 0 Å². The van der Waals surface area contributed by atoms with Gasteiger partial charge in [-0.3, -0.25) is 4.98 Å². The van der Waals surface area contributed by atoms with Gasteiger partial charge in [0.2, 0.25) is 5.95 Å². The number of anilines is 4. The molecule has 0 spiro atoms. The Morgan fingerprint density at radius 3 is 2.55 bits per heavy atom. The average Bonchev–Trinajstić information content (AvgIpc) is 2.95. The SMILES string of the molecule is Oc1ccc(CCc2cccc(Nc3ccc(/C=N/Nc4ncc(F)c(N5CCOCC5)n4)nc3)c2)cc1. The van der Waals surface area contributed by atoms with Crippen molar-refractivity contribution in [2.24, 2.45) is 5.10 Å². The van der Waals surface area contributed by atoms with Crippen molar-refractivity contribution in [2.45, 2.75) is 12.8 Å². The van der Waals surface area contributed by atoms with Crippen molar-refractivity contribution in [1.82, 2.24) is 15.0 Å². The van der Waals surface area contributed by atoms with Gasteiger partial charge in [-0.1, -0.05) is 24.3 Å². The zero-order valence-corrected chi connectivity index (χ0v) is 20.7. The Hall–Kier alpha value is -4.57. The number of morpholine rings is 1. The van der Waals surface area contributed by atoms with E-state index in [2.05, 4.69) is 42.9 Å². The van der Waals surface area contributed by atoms with E-state index in [4.69, 9.17) is 4.74 Å². The van der Waals surface area contributed by atoms with Crippen LogP contribution in [0.5, 0.6) is 5.75 Å². The number of aryl methyl sites for hydroxylation is 2. The third-order valence-electron chi connectivity index (χ3n) is 6.04. The molecule has 1 aliphatic rings. The number of halogens is 1. The van der Waals surface area contributed by atoms with Crippen molar-refractivity contribution in [1.29, 1.82) is 0 Å². The van der Waals surface area contributed by atoms with E-state index in [0.29, 0.717) is 32.0 Å². The van der Waals surface area contributed by atoms with Gasteiger partial charge >= 0.3 is 0 Å². The fourth-order valence-electron chi connectivity index (χ4n) is 4.04. The number of phenolic OH excluding ortho intramolecular Hbond substituents is 1. The van der Waals surface area contributed by atoms with Gasteiger partial charge in [-0.25, -0.2) is 14.8 Å². The van der Waals surface area contributed by atoms with Gasteiger partial charge in [-0.05, 0) is 60.4 Å². The minimum Gasteiger partial charge on any atom is -0.508 e. The van der Waals surface area contributed by atoms with E-state index in [1.807, 2.05) is 41.3 Å². The molecule has 1 saturated heterocycles. The lowest BCUT2D eigenvalue weighted by molar-refractivity contribution is 0.122. The van der Waals surface area contributed by atoms with Crippen molar-refractivity contribution >= 4 is 29.4 Å². The second kappa shape index (κ2) is 12.1. The summed E-state index contributed by atoms with van der Waals surface area (Å²) in [4.78, 5) is 14.5. The topological polar surface area (TPSA) is 108 Å². The van der Waals surface area contributed by atoms with Crippen LogP contribution in [0, 0.1) is 5.82 Å². The molecule has 2 aromatic carbocycles. The molecule has 1 aliphatic heterocycles. The Balaban J connectivity index is 1.15. The predicted molar refractivity (Wildman–Crippen MR) is 146 cm³/mol. The number of rotatable bonds is 9. The molecule has 0 amide bonds. The van der Waals surface area contributed by atoms with E-state index in [0.717, 1.165) is 30.4 Å². The maximum atomic E-state index is 14.2. The van der Waals surface area contributed by atoms with Crippen LogP contribution in [-0.2, 0) is 17.6 Å². The van der Waals surface area contributed by atoms with E-state index in [-0.39, 0.29) is 17.5 Å². The number of benzene rings is 2. The fourth-order valence-corrected chi connectivity index (χ4v) is 4.04. The Labute approximate surface area is 220 Å². The summed E-state index contributed by atoms with van der Waals surface area (Å²) < 4.78 is 19.5. The number of phenols is 1. The third-order valence-corrected chi connectivity index (χ3v) is 6.04. The van der Waals surface area contributed by atoms with E-state index in [9.17, 15) is 9.50 Å². The van der Waals surface area contributed by atoms with E-state index in [1.54, 1.807) is 24.5 Å². The molecule has 0 saturated carbocycles. The molecule has 5 rings (SSSR count). The molecule has 194 valence electrons. The lowest BCUT2D eigenvalue weighted by Crippen LogP contribution is -2.37. The second-order valence-corrected chi connectivity index (χ2v) is 8.80. The highest BCUT2D eigenvalue weighted by molar-refractivity contribution is 5.78. The molecule has 3 N–H and O–H groups in total. The number of hydrogen-bond donors (Lipinski definition) is 3. The van der Waals surface area contributed by atoms with Crippen molar-refractivity contribution < 1.29 is 14.2 Å². The first-order valence-electron chi connectivity index (χ1n) is 12.4. The summed E-state index contributed by atoms with van der Waals surface area (Å²) in [5.41, 5.74) is 7.60. The molecule has 2 aromatic heterocycles. The number of nitrogens with zero attached hydrogens (tertiary/aromatic N) is 5. The van der Waals surface area contributed by atoms with Gasteiger partial charge in [0.05, 0.1) is 43.2 Å². The lowest BCUT2D eigenvalue weighted by atomic mass is 10.0. The van der Waals surface area contributed by atoms with Crippen LogP contribution in [0.15, 0.2) is 78.2 Å². The first-order chi connectivity index (χ1) is 18.6. The summed E-state index contributed by atoms with van der Waals surface area (Å²) in [5, 5.41) is 17.0. The number of ether oxygens (including phenoxy) is 1. The molecular formula is C28H28FN7O2. The molecule has 0 radical (unpaired) electrons. The highest BCUT2D eigenvalue weighted by atomic mass is 19.1. The van der Waals surface area contributed by atoms with Crippen LogP contribution in [0.3, 0.4) is 0 Å². The Bertz CT molecular complexity index is 1380. The van der Waals surface area contributed by atoms with Crippen molar-refractivity contribution in [3.63, 3.8) is 0 Å². The van der Waals surface area contributed by atoms with Gasteiger partial charge < -0.3 is 20.1 Å². The summed E-state index contributed by atoms with van der Waals surface area (Å²) in [6.07, 6.45) is 6.21. The smallest absolute Gasteiger partial charge is 0.245 e. The Morgan fingerprint density at radius 1 is 0.947 bits per heavy atom. The Kier molecular flexibility index (Phi) is 8.00. The van der Waals surface area contributed by atoms with Crippen LogP contribution < -0.4 is 15.6 Å². The van der Waals surface area contributed by atoms with Gasteiger partial charge in [0.15, 0.2) is 11.6 Å². The molecule has 0 atom stereocenters. The lowest BCUT2D eigenvalue weighted by Gasteiger charge is -2.27. The summed E-state index contributed by atoms with van der Waals surface area (Å²) in [5.74, 6) is 0.239. The maximum absolute atomic E-state index is 14.2. The van der Waals surface area contributed by atoms with Crippen LogP contribution >= 0.6 is 0 Å². The van der Waals surface area contributed by atoms with E-state index < -0.39 is 5.82 Å². The second-order valence-electron chi connectivity index (χ2n) is 8.80.